The number of benzene rings is 2. The van der Waals surface area contributed by atoms with Gasteiger partial charge in [0, 0.05) is 37.1 Å². The van der Waals surface area contributed by atoms with Crippen molar-refractivity contribution in [3.8, 4) is 11.4 Å². The molecule has 0 radical (unpaired) electrons. The standard InChI is InChI=1S/C24H22FN5/c25-21-11-5-4-8-19(21)12-14-27-22-15-23(28-17-18-7-6-13-26-16-18)30-24(29-22)20-9-2-1-3-10-20/h1-11,13,15-16H,12,14,17H2,(H2,27,28,29,30). The van der Waals surface area contributed by atoms with Gasteiger partial charge in [-0.25, -0.2) is 14.4 Å². The van der Waals surface area contributed by atoms with Crippen molar-refractivity contribution < 1.29 is 4.39 Å². The molecular weight excluding hydrogens is 377 g/mol. The first-order chi connectivity index (χ1) is 14.8. The van der Waals surface area contributed by atoms with Crippen molar-refractivity contribution >= 4 is 11.6 Å². The highest BCUT2D eigenvalue weighted by molar-refractivity contribution is 5.61. The van der Waals surface area contributed by atoms with E-state index in [0.717, 1.165) is 11.1 Å². The van der Waals surface area contributed by atoms with E-state index < -0.39 is 0 Å². The number of nitrogens with one attached hydrogen (secondary N) is 2. The molecule has 2 aromatic carbocycles. The van der Waals surface area contributed by atoms with E-state index in [9.17, 15) is 4.39 Å². The number of aromatic nitrogens is 3. The van der Waals surface area contributed by atoms with Crippen LogP contribution in [0.1, 0.15) is 11.1 Å². The second-order valence-electron chi connectivity index (χ2n) is 6.81. The monoisotopic (exact) mass is 399 g/mol. The number of rotatable bonds is 8. The summed E-state index contributed by atoms with van der Waals surface area (Å²) in [6.45, 7) is 1.17. The third kappa shape index (κ3) is 5.17. The summed E-state index contributed by atoms with van der Waals surface area (Å²) in [6, 6.07) is 22.4. The van der Waals surface area contributed by atoms with E-state index in [0.29, 0.717) is 42.5 Å². The summed E-state index contributed by atoms with van der Waals surface area (Å²) < 4.78 is 13.9. The summed E-state index contributed by atoms with van der Waals surface area (Å²) in [5.41, 5.74) is 2.67. The minimum atomic E-state index is -0.189. The summed E-state index contributed by atoms with van der Waals surface area (Å²) in [4.78, 5) is 13.4. The first-order valence-corrected chi connectivity index (χ1v) is 9.82. The number of hydrogen-bond acceptors (Lipinski definition) is 5. The topological polar surface area (TPSA) is 62.7 Å². The highest BCUT2D eigenvalue weighted by Crippen LogP contribution is 2.21. The average molecular weight is 399 g/mol. The Bertz CT molecular complexity index is 1090. The van der Waals surface area contributed by atoms with Crippen molar-refractivity contribution in [1.29, 1.82) is 0 Å². The third-order valence-electron chi connectivity index (χ3n) is 4.61. The predicted molar refractivity (Wildman–Crippen MR) is 118 cm³/mol. The van der Waals surface area contributed by atoms with Gasteiger partial charge in [-0.2, -0.15) is 0 Å². The van der Waals surface area contributed by atoms with E-state index in [1.165, 1.54) is 6.07 Å². The van der Waals surface area contributed by atoms with Crippen LogP contribution in [0.2, 0.25) is 0 Å². The van der Waals surface area contributed by atoms with Crippen LogP contribution in [0.4, 0.5) is 16.0 Å². The van der Waals surface area contributed by atoms with Crippen LogP contribution in [0.3, 0.4) is 0 Å². The molecule has 0 bridgehead atoms. The molecule has 2 N–H and O–H groups in total. The van der Waals surface area contributed by atoms with Crippen molar-refractivity contribution in [3.05, 3.63) is 102 Å². The van der Waals surface area contributed by atoms with Crippen molar-refractivity contribution in [2.75, 3.05) is 17.2 Å². The zero-order valence-electron chi connectivity index (χ0n) is 16.4. The number of nitrogens with zero attached hydrogens (tertiary/aromatic N) is 3. The fraction of sp³-hybridized carbons (Fsp3) is 0.125. The Morgan fingerprint density at radius 3 is 2.33 bits per heavy atom. The fourth-order valence-corrected chi connectivity index (χ4v) is 3.07. The second-order valence-corrected chi connectivity index (χ2v) is 6.81. The lowest BCUT2D eigenvalue weighted by Crippen LogP contribution is -2.10. The zero-order chi connectivity index (χ0) is 20.6. The quantitative estimate of drug-likeness (QED) is 0.439. The van der Waals surface area contributed by atoms with Gasteiger partial charge in [0.05, 0.1) is 0 Å². The van der Waals surface area contributed by atoms with Crippen molar-refractivity contribution in [3.63, 3.8) is 0 Å². The van der Waals surface area contributed by atoms with Gasteiger partial charge in [-0.1, -0.05) is 54.6 Å². The van der Waals surface area contributed by atoms with Crippen LogP contribution in [0.25, 0.3) is 11.4 Å². The van der Waals surface area contributed by atoms with Gasteiger partial charge in [0.1, 0.15) is 17.5 Å². The van der Waals surface area contributed by atoms with Crippen LogP contribution in [0, 0.1) is 5.82 Å². The van der Waals surface area contributed by atoms with Crippen LogP contribution in [-0.2, 0) is 13.0 Å². The highest BCUT2D eigenvalue weighted by Gasteiger charge is 2.08. The maximum Gasteiger partial charge on any atom is 0.163 e. The Kier molecular flexibility index (Phi) is 6.25. The molecule has 0 aliphatic carbocycles. The van der Waals surface area contributed by atoms with Crippen LogP contribution in [-0.4, -0.2) is 21.5 Å². The van der Waals surface area contributed by atoms with E-state index in [2.05, 4.69) is 25.6 Å². The molecule has 150 valence electrons. The van der Waals surface area contributed by atoms with Crippen LogP contribution < -0.4 is 10.6 Å². The highest BCUT2D eigenvalue weighted by atomic mass is 19.1. The Hall–Kier alpha value is -3.80. The molecule has 0 unspecified atom stereocenters. The summed E-state index contributed by atoms with van der Waals surface area (Å²) >= 11 is 0. The Labute approximate surface area is 175 Å². The van der Waals surface area contributed by atoms with Crippen molar-refractivity contribution in [2.24, 2.45) is 0 Å². The molecule has 0 spiro atoms. The summed E-state index contributed by atoms with van der Waals surface area (Å²) in [5.74, 6) is 1.83. The minimum absolute atomic E-state index is 0.189. The lowest BCUT2D eigenvalue weighted by Gasteiger charge is -2.12. The van der Waals surface area contributed by atoms with Gasteiger partial charge in [0.2, 0.25) is 0 Å². The summed E-state index contributed by atoms with van der Waals surface area (Å²) in [7, 11) is 0. The molecule has 0 saturated carbocycles. The minimum Gasteiger partial charge on any atom is -0.370 e. The molecule has 0 saturated heterocycles. The molecule has 0 amide bonds. The van der Waals surface area contributed by atoms with Crippen molar-refractivity contribution in [1.82, 2.24) is 15.0 Å². The van der Waals surface area contributed by atoms with Crippen molar-refractivity contribution in [2.45, 2.75) is 13.0 Å². The van der Waals surface area contributed by atoms with E-state index in [1.54, 1.807) is 18.3 Å². The lowest BCUT2D eigenvalue weighted by molar-refractivity contribution is 0.610. The van der Waals surface area contributed by atoms with Gasteiger partial charge in [-0.3, -0.25) is 4.98 Å². The molecule has 0 aliphatic heterocycles. The first-order valence-electron chi connectivity index (χ1n) is 9.82. The number of pyridine rings is 1. The third-order valence-corrected chi connectivity index (χ3v) is 4.61. The molecule has 5 nitrogen and oxygen atoms in total. The normalized spacial score (nSPS) is 10.6. The van der Waals surface area contributed by atoms with Gasteiger partial charge < -0.3 is 10.6 Å². The maximum absolute atomic E-state index is 13.9. The number of halogens is 1. The smallest absolute Gasteiger partial charge is 0.163 e. The molecule has 4 aromatic rings. The Balaban J connectivity index is 1.51. The van der Waals surface area contributed by atoms with Crippen LogP contribution in [0.5, 0.6) is 0 Å². The SMILES string of the molecule is Fc1ccccc1CCNc1cc(NCc2cccnc2)nc(-c2ccccc2)n1. The first kappa shape index (κ1) is 19.5. The largest absolute Gasteiger partial charge is 0.370 e. The fourth-order valence-electron chi connectivity index (χ4n) is 3.07. The molecule has 2 aromatic heterocycles. The molecule has 30 heavy (non-hydrogen) atoms. The number of hydrogen-bond donors (Lipinski definition) is 2. The lowest BCUT2D eigenvalue weighted by atomic mass is 10.1. The van der Waals surface area contributed by atoms with Crippen LogP contribution >= 0.6 is 0 Å². The average Bonchev–Trinajstić information content (AvgIpc) is 2.80. The van der Waals surface area contributed by atoms with E-state index >= 15 is 0 Å². The van der Waals surface area contributed by atoms with E-state index in [-0.39, 0.29) is 5.82 Å². The molecule has 0 fully saturated rings. The van der Waals surface area contributed by atoms with E-state index in [4.69, 9.17) is 0 Å². The zero-order valence-corrected chi connectivity index (χ0v) is 16.4. The van der Waals surface area contributed by atoms with Crippen LogP contribution in [0.15, 0.2) is 85.2 Å². The molecule has 0 aliphatic rings. The maximum atomic E-state index is 13.9. The molecule has 6 heteroatoms. The van der Waals surface area contributed by atoms with Gasteiger partial charge in [0.15, 0.2) is 5.82 Å². The Morgan fingerprint density at radius 1 is 0.800 bits per heavy atom. The second kappa shape index (κ2) is 9.60. The summed E-state index contributed by atoms with van der Waals surface area (Å²) in [5, 5.41) is 6.64. The molecule has 4 rings (SSSR count). The molecule has 0 atom stereocenters. The van der Waals surface area contributed by atoms with Gasteiger partial charge in [-0.05, 0) is 29.7 Å². The number of anilines is 2. The van der Waals surface area contributed by atoms with Gasteiger partial charge in [0.25, 0.3) is 0 Å². The molecular formula is C24H22FN5. The summed E-state index contributed by atoms with van der Waals surface area (Å²) in [6.07, 6.45) is 4.13. The predicted octanol–water partition coefficient (Wildman–Crippen LogP) is 4.94. The van der Waals surface area contributed by atoms with Gasteiger partial charge >= 0.3 is 0 Å². The molecule has 2 heterocycles. The van der Waals surface area contributed by atoms with Gasteiger partial charge in [-0.15, -0.1) is 0 Å². The Morgan fingerprint density at radius 2 is 1.57 bits per heavy atom. The van der Waals surface area contributed by atoms with E-state index in [1.807, 2.05) is 60.8 Å².